The van der Waals surface area contributed by atoms with Crippen LogP contribution in [0.25, 0.3) is 16.5 Å². The number of aryl methyl sites for hydroxylation is 2. The minimum Gasteiger partial charge on any atom is -0.320 e. The highest BCUT2D eigenvalue weighted by molar-refractivity contribution is 7.14. The number of para-hydroxylation sites is 1. The van der Waals surface area contributed by atoms with E-state index in [1.54, 1.807) is 7.05 Å². The topological polar surface area (TPSA) is 90.5 Å². The van der Waals surface area contributed by atoms with Crippen molar-refractivity contribution >= 4 is 22.9 Å². The van der Waals surface area contributed by atoms with E-state index in [1.807, 2.05) is 60.3 Å². The normalized spacial score (nSPS) is 10.9. The molecule has 0 radical (unpaired) electrons. The Morgan fingerprint density at radius 1 is 1.19 bits per heavy atom. The third kappa shape index (κ3) is 3.36. The third-order valence-corrected chi connectivity index (χ3v) is 5.19. The summed E-state index contributed by atoms with van der Waals surface area (Å²) in [6.07, 6.45) is 4.55. The molecule has 0 aliphatic rings. The first kappa shape index (κ1) is 17.1. The van der Waals surface area contributed by atoms with Gasteiger partial charge in [-0.25, -0.2) is 4.98 Å². The van der Waals surface area contributed by atoms with Gasteiger partial charge in [0.05, 0.1) is 12.7 Å². The molecule has 0 saturated heterocycles. The quantitative estimate of drug-likeness (QED) is 0.576. The Morgan fingerprint density at radius 2 is 1.96 bits per heavy atom. The Balaban J connectivity index is 1.66. The van der Waals surface area contributed by atoms with E-state index >= 15 is 0 Å². The number of benzene rings is 1. The standard InChI is InChI=1S/C18H17N7OS/c1-3-14-15(20-18(27-14)25-10-6-7-11-25)17(26)19-13-9-5-4-8-12(13)16-21-23-24(2)22-16/h4-11H,3H2,1-2H3,(H,19,26). The molecule has 4 rings (SSSR count). The van der Waals surface area contributed by atoms with Crippen molar-refractivity contribution in [3.8, 4) is 16.5 Å². The number of nitrogens with one attached hydrogen (secondary N) is 1. The van der Waals surface area contributed by atoms with E-state index in [4.69, 9.17) is 0 Å². The predicted octanol–water partition coefficient (Wildman–Crippen LogP) is 2.94. The maximum absolute atomic E-state index is 12.9. The van der Waals surface area contributed by atoms with Crippen LogP contribution >= 0.6 is 11.3 Å². The number of hydrogen-bond donors (Lipinski definition) is 1. The van der Waals surface area contributed by atoms with E-state index in [1.165, 1.54) is 16.1 Å². The molecule has 0 fully saturated rings. The summed E-state index contributed by atoms with van der Waals surface area (Å²) < 4.78 is 1.90. The molecule has 3 heterocycles. The molecular formula is C18H17N7OS. The lowest BCUT2D eigenvalue weighted by Gasteiger charge is -2.08. The molecular weight excluding hydrogens is 362 g/mol. The number of hydrogen-bond acceptors (Lipinski definition) is 6. The Kier molecular flexibility index (Phi) is 4.51. The van der Waals surface area contributed by atoms with Gasteiger partial charge in [-0.05, 0) is 35.9 Å². The molecule has 0 aliphatic heterocycles. The second kappa shape index (κ2) is 7.12. The molecule has 0 saturated carbocycles. The molecule has 0 spiro atoms. The minimum absolute atomic E-state index is 0.252. The average Bonchev–Trinajstić information content (AvgIpc) is 3.42. The fourth-order valence-electron chi connectivity index (χ4n) is 2.69. The Morgan fingerprint density at radius 3 is 2.67 bits per heavy atom. The van der Waals surface area contributed by atoms with Crippen LogP contribution in [0.4, 0.5) is 5.69 Å². The van der Waals surface area contributed by atoms with Crippen molar-refractivity contribution in [1.29, 1.82) is 0 Å². The van der Waals surface area contributed by atoms with Gasteiger partial charge in [-0.3, -0.25) is 4.79 Å². The molecule has 0 bridgehead atoms. The first-order chi connectivity index (χ1) is 13.2. The molecule has 8 nitrogen and oxygen atoms in total. The van der Waals surface area contributed by atoms with Gasteiger partial charge < -0.3 is 9.88 Å². The van der Waals surface area contributed by atoms with Crippen LogP contribution in [0.2, 0.25) is 0 Å². The summed E-state index contributed by atoms with van der Waals surface area (Å²) in [6.45, 7) is 2.02. The number of anilines is 1. The zero-order chi connectivity index (χ0) is 18.8. The van der Waals surface area contributed by atoms with Crippen LogP contribution in [-0.4, -0.2) is 35.7 Å². The maximum atomic E-state index is 12.9. The van der Waals surface area contributed by atoms with E-state index in [-0.39, 0.29) is 5.91 Å². The zero-order valence-corrected chi connectivity index (χ0v) is 15.6. The number of aromatic nitrogens is 6. The molecule has 3 aromatic heterocycles. The lowest BCUT2D eigenvalue weighted by atomic mass is 10.1. The lowest BCUT2D eigenvalue weighted by Crippen LogP contribution is -2.15. The third-order valence-electron chi connectivity index (χ3n) is 3.97. The highest BCUT2D eigenvalue weighted by Gasteiger charge is 2.20. The fourth-order valence-corrected chi connectivity index (χ4v) is 3.65. The Hall–Kier alpha value is -3.33. The fraction of sp³-hybridized carbons (Fsp3) is 0.167. The molecule has 1 N–H and O–H groups in total. The van der Waals surface area contributed by atoms with Crippen molar-refractivity contribution in [2.75, 3.05) is 5.32 Å². The second-order valence-electron chi connectivity index (χ2n) is 5.81. The van der Waals surface area contributed by atoms with Crippen LogP contribution in [-0.2, 0) is 13.5 Å². The van der Waals surface area contributed by atoms with Gasteiger partial charge in [-0.15, -0.1) is 21.5 Å². The van der Waals surface area contributed by atoms with Crippen molar-refractivity contribution in [3.05, 3.63) is 59.4 Å². The molecule has 0 atom stereocenters. The molecule has 0 unspecified atom stereocenters. The number of amides is 1. The van der Waals surface area contributed by atoms with Crippen molar-refractivity contribution in [2.45, 2.75) is 13.3 Å². The van der Waals surface area contributed by atoms with Crippen LogP contribution in [0.5, 0.6) is 0 Å². The number of carbonyl (C=O) groups is 1. The predicted molar refractivity (Wildman–Crippen MR) is 103 cm³/mol. The number of nitrogens with zero attached hydrogens (tertiary/aromatic N) is 6. The van der Waals surface area contributed by atoms with Crippen molar-refractivity contribution in [2.24, 2.45) is 7.05 Å². The molecule has 1 amide bonds. The summed E-state index contributed by atoms with van der Waals surface area (Å²) in [4.78, 5) is 19.8. The summed E-state index contributed by atoms with van der Waals surface area (Å²) in [6, 6.07) is 11.2. The van der Waals surface area contributed by atoms with E-state index in [0.717, 1.165) is 16.4 Å². The second-order valence-corrected chi connectivity index (χ2v) is 6.88. The molecule has 0 aliphatic carbocycles. The van der Waals surface area contributed by atoms with Gasteiger partial charge in [0.1, 0.15) is 5.69 Å². The molecule has 1 aromatic carbocycles. The van der Waals surface area contributed by atoms with Gasteiger partial charge in [0.15, 0.2) is 5.13 Å². The highest BCUT2D eigenvalue weighted by atomic mass is 32.1. The average molecular weight is 379 g/mol. The monoisotopic (exact) mass is 379 g/mol. The summed E-state index contributed by atoms with van der Waals surface area (Å²) >= 11 is 1.51. The number of thiazole rings is 1. The summed E-state index contributed by atoms with van der Waals surface area (Å²) in [5.74, 6) is 0.202. The van der Waals surface area contributed by atoms with E-state index in [2.05, 4.69) is 25.7 Å². The van der Waals surface area contributed by atoms with Gasteiger partial charge >= 0.3 is 0 Å². The number of tetrazole rings is 1. The Labute approximate surface area is 159 Å². The van der Waals surface area contributed by atoms with Crippen molar-refractivity contribution in [3.63, 3.8) is 0 Å². The van der Waals surface area contributed by atoms with Crippen LogP contribution in [0, 0.1) is 0 Å². The van der Waals surface area contributed by atoms with Crippen LogP contribution in [0.3, 0.4) is 0 Å². The van der Waals surface area contributed by atoms with Gasteiger partial charge in [0.2, 0.25) is 5.82 Å². The molecule has 136 valence electrons. The smallest absolute Gasteiger partial charge is 0.275 e. The van der Waals surface area contributed by atoms with E-state index in [9.17, 15) is 4.79 Å². The van der Waals surface area contributed by atoms with E-state index in [0.29, 0.717) is 22.8 Å². The first-order valence-corrected chi connectivity index (χ1v) is 9.25. The molecule has 9 heteroatoms. The van der Waals surface area contributed by atoms with Gasteiger partial charge in [0.25, 0.3) is 5.91 Å². The Bertz CT molecular complexity index is 1080. The van der Waals surface area contributed by atoms with Gasteiger partial charge in [-0.2, -0.15) is 4.80 Å². The highest BCUT2D eigenvalue weighted by Crippen LogP contribution is 2.27. The number of carbonyl (C=O) groups excluding carboxylic acids is 1. The number of rotatable bonds is 5. The first-order valence-electron chi connectivity index (χ1n) is 8.43. The van der Waals surface area contributed by atoms with E-state index < -0.39 is 0 Å². The van der Waals surface area contributed by atoms with Crippen LogP contribution in [0.15, 0.2) is 48.8 Å². The van der Waals surface area contributed by atoms with Crippen LogP contribution < -0.4 is 5.32 Å². The van der Waals surface area contributed by atoms with Gasteiger partial charge in [0, 0.05) is 22.8 Å². The summed E-state index contributed by atoms with van der Waals surface area (Å²) in [5.41, 5.74) is 1.76. The largest absolute Gasteiger partial charge is 0.320 e. The summed E-state index contributed by atoms with van der Waals surface area (Å²) in [7, 11) is 1.70. The van der Waals surface area contributed by atoms with Crippen molar-refractivity contribution in [1.82, 2.24) is 29.8 Å². The zero-order valence-electron chi connectivity index (χ0n) is 14.8. The van der Waals surface area contributed by atoms with Crippen LogP contribution in [0.1, 0.15) is 22.3 Å². The minimum atomic E-state index is -0.252. The lowest BCUT2D eigenvalue weighted by molar-refractivity contribution is 0.102. The maximum Gasteiger partial charge on any atom is 0.275 e. The molecule has 4 aromatic rings. The SMILES string of the molecule is CCc1sc(-n2cccc2)nc1C(=O)Nc1ccccc1-c1nnn(C)n1. The molecule has 27 heavy (non-hydrogen) atoms. The van der Waals surface area contributed by atoms with Crippen molar-refractivity contribution < 1.29 is 4.79 Å². The van der Waals surface area contributed by atoms with Gasteiger partial charge in [-0.1, -0.05) is 19.1 Å². The summed E-state index contributed by atoms with van der Waals surface area (Å²) in [5, 5.41) is 15.8.